The van der Waals surface area contributed by atoms with Crippen molar-refractivity contribution < 1.29 is 19.1 Å². The molecule has 1 aliphatic rings. The number of aryl methyl sites for hydroxylation is 1. The Balaban J connectivity index is 2.18. The molecule has 7 heteroatoms. The van der Waals surface area contributed by atoms with E-state index in [-0.39, 0.29) is 12.4 Å². The standard InChI is InChI=1S/C14H17N3O4/c1-14(21-13(20)16-8-18)6-5-9-7-10(3-4-11(9)14)17-12(19)15-2/h3-4,7-8H,5-6H2,1-2H3,(H2,15,17,19)(H,16,18,20)/t14-/m0/s1. The topological polar surface area (TPSA) is 96.5 Å². The van der Waals surface area contributed by atoms with Gasteiger partial charge < -0.3 is 15.4 Å². The van der Waals surface area contributed by atoms with Crippen molar-refractivity contribution in [3.63, 3.8) is 0 Å². The zero-order valence-electron chi connectivity index (χ0n) is 11.9. The monoisotopic (exact) mass is 291 g/mol. The third-order valence-corrected chi connectivity index (χ3v) is 3.53. The lowest BCUT2D eigenvalue weighted by atomic mass is 9.98. The Hall–Kier alpha value is -2.57. The number of anilines is 1. The molecule has 0 radical (unpaired) electrons. The molecule has 1 aromatic carbocycles. The highest BCUT2D eigenvalue weighted by atomic mass is 16.6. The van der Waals surface area contributed by atoms with Gasteiger partial charge in [0.25, 0.3) is 0 Å². The van der Waals surface area contributed by atoms with Crippen molar-refractivity contribution in [3.05, 3.63) is 29.3 Å². The summed E-state index contributed by atoms with van der Waals surface area (Å²) < 4.78 is 5.33. The van der Waals surface area contributed by atoms with Gasteiger partial charge in [-0.15, -0.1) is 0 Å². The molecule has 0 aliphatic heterocycles. The minimum Gasteiger partial charge on any atom is -0.438 e. The molecule has 0 fully saturated rings. The molecule has 0 unspecified atom stereocenters. The van der Waals surface area contributed by atoms with Crippen LogP contribution in [0.15, 0.2) is 18.2 Å². The first-order valence-electron chi connectivity index (χ1n) is 6.54. The molecule has 1 aliphatic carbocycles. The van der Waals surface area contributed by atoms with Crippen LogP contribution in [0.5, 0.6) is 0 Å². The van der Waals surface area contributed by atoms with Crippen molar-refractivity contribution in [2.24, 2.45) is 0 Å². The number of benzene rings is 1. The number of hydrogen-bond acceptors (Lipinski definition) is 4. The third kappa shape index (κ3) is 3.13. The van der Waals surface area contributed by atoms with Gasteiger partial charge in [0.2, 0.25) is 6.41 Å². The minimum atomic E-state index is -0.770. The van der Waals surface area contributed by atoms with E-state index in [1.807, 2.05) is 17.4 Å². The molecule has 0 aromatic heterocycles. The van der Waals surface area contributed by atoms with Crippen LogP contribution in [0.4, 0.5) is 15.3 Å². The highest BCUT2D eigenvalue weighted by molar-refractivity contribution is 5.89. The molecule has 3 N–H and O–H groups in total. The van der Waals surface area contributed by atoms with Crippen molar-refractivity contribution in [1.29, 1.82) is 0 Å². The van der Waals surface area contributed by atoms with E-state index in [2.05, 4.69) is 10.6 Å². The van der Waals surface area contributed by atoms with Gasteiger partial charge in [0, 0.05) is 12.7 Å². The molecule has 2 rings (SSSR count). The smallest absolute Gasteiger partial charge is 0.414 e. The van der Waals surface area contributed by atoms with Crippen LogP contribution < -0.4 is 16.0 Å². The number of urea groups is 1. The van der Waals surface area contributed by atoms with E-state index in [0.29, 0.717) is 12.1 Å². The fraction of sp³-hybridized carbons (Fsp3) is 0.357. The molecule has 0 bridgehead atoms. The molecule has 0 saturated carbocycles. The Morgan fingerprint density at radius 1 is 1.38 bits per heavy atom. The number of carbonyl (C=O) groups is 3. The number of hydrogen-bond donors (Lipinski definition) is 3. The van der Waals surface area contributed by atoms with Gasteiger partial charge in [-0.1, -0.05) is 6.07 Å². The van der Waals surface area contributed by atoms with Crippen LogP contribution in [0.1, 0.15) is 24.5 Å². The Morgan fingerprint density at radius 2 is 2.14 bits per heavy atom. The number of amides is 4. The molecule has 0 spiro atoms. The van der Waals surface area contributed by atoms with Crippen molar-refractivity contribution in [2.45, 2.75) is 25.4 Å². The van der Waals surface area contributed by atoms with Crippen molar-refractivity contribution in [2.75, 3.05) is 12.4 Å². The molecule has 7 nitrogen and oxygen atoms in total. The van der Waals surface area contributed by atoms with E-state index in [9.17, 15) is 14.4 Å². The highest BCUT2D eigenvalue weighted by Gasteiger charge is 2.38. The van der Waals surface area contributed by atoms with Gasteiger partial charge in [-0.25, -0.2) is 9.59 Å². The predicted molar refractivity (Wildman–Crippen MR) is 75.9 cm³/mol. The van der Waals surface area contributed by atoms with Gasteiger partial charge in [0.1, 0.15) is 5.60 Å². The summed E-state index contributed by atoms with van der Waals surface area (Å²) in [7, 11) is 1.54. The van der Waals surface area contributed by atoms with Gasteiger partial charge in [0.15, 0.2) is 0 Å². The van der Waals surface area contributed by atoms with Crippen LogP contribution >= 0.6 is 0 Å². The lowest BCUT2D eigenvalue weighted by molar-refractivity contribution is -0.109. The number of nitrogens with one attached hydrogen (secondary N) is 3. The van der Waals surface area contributed by atoms with E-state index < -0.39 is 11.7 Å². The number of ether oxygens (including phenoxy) is 1. The summed E-state index contributed by atoms with van der Waals surface area (Å²) >= 11 is 0. The average molecular weight is 291 g/mol. The largest absolute Gasteiger partial charge is 0.438 e. The summed E-state index contributed by atoms with van der Waals surface area (Å²) in [5, 5.41) is 7.14. The zero-order valence-corrected chi connectivity index (χ0v) is 11.9. The zero-order chi connectivity index (χ0) is 15.5. The molecule has 112 valence electrons. The lowest BCUT2D eigenvalue weighted by Gasteiger charge is -2.25. The second-order valence-electron chi connectivity index (χ2n) is 4.96. The maximum atomic E-state index is 11.4. The third-order valence-electron chi connectivity index (χ3n) is 3.53. The molecule has 1 aromatic rings. The quantitative estimate of drug-likeness (QED) is 0.735. The summed E-state index contributed by atoms with van der Waals surface area (Å²) in [4.78, 5) is 33.0. The van der Waals surface area contributed by atoms with Crippen molar-refractivity contribution in [3.8, 4) is 0 Å². The van der Waals surface area contributed by atoms with Crippen LogP contribution in [0.25, 0.3) is 0 Å². The maximum Gasteiger partial charge on any atom is 0.414 e. The second kappa shape index (κ2) is 5.82. The van der Waals surface area contributed by atoms with Gasteiger partial charge in [-0.3, -0.25) is 10.1 Å². The summed E-state index contributed by atoms with van der Waals surface area (Å²) in [6, 6.07) is 5.13. The number of alkyl carbamates (subject to hydrolysis) is 1. The summed E-state index contributed by atoms with van der Waals surface area (Å²) in [5.41, 5.74) is 1.79. The van der Waals surface area contributed by atoms with E-state index in [0.717, 1.165) is 17.5 Å². The van der Waals surface area contributed by atoms with Crippen LogP contribution in [-0.4, -0.2) is 25.6 Å². The molecule has 4 amide bonds. The van der Waals surface area contributed by atoms with Crippen molar-refractivity contribution in [1.82, 2.24) is 10.6 Å². The van der Waals surface area contributed by atoms with Crippen LogP contribution in [-0.2, 0) is 21.6 Å². The van der Waals surface area contributed by atoms with Crippen LogP contribution in [0, 0.1) is 0 Å². The fourth-order valence-corrected chi connectivity index (χ4v) is 2.48. The highest BCUT2D eigenvalue weighted by Crippen LogP contribution is 2.40. The Bertz CT molecular complexity index is 588. The molecule has 1 atom stereocenters. The maximum absolute atomic E-state index is 11.4. The fourth-order valence-electron chi connectivity index (χ4n) is 2.48. The molecular weight excluding hydrogens is 274 g/mol. The first kappa shape index (κ1) is 14.8. The number of imide groups is 1. The Kier molecular flexibility index (Phi) is 4.11. The average Bonchev–Trinajstić information content (AvgIpc) is 2.75. The summed E-state index contributed by atoms with van der Waals surface area (Å²) in [6.45, 7) is 1.80. The van der Waals surface area contributed by atoms with Gasteiger partial charge in [-0.2, -0.15) is 0 Å². The summed E-state index contributed by atoms with van der Waals surface area (Å²) in [5.74, 6) is 0. The van der Waals surface area contributed by atoms with Crippen LogP contribution in [0.2, 0.25) is 0 Å². The Morgan fingerprint density at radius 3 is 2.81 bits per heavy atom. The molecule has 0 heterocycles. The molecule has 21 heavy (non-hydrogen) atoms. The first-order chi connectivity index (χ1) is 9.98. The van der Waals surface area contributed by atoms with Gasteiger partial charge >= 0.3 is 12.1 Å². The van der Waals surface area contributed by atoms with E-state index >= 15 is 0 Å². The predicted octanol–water partition coefficient (Wildman–Crippen LogP) is 1.48. The van der Waals surface area contributed by atoms with E-state index in [4.69, 9.17) is 4.74 Å². The molecule has 0 saturated heterocycles. The lowest BCUT2D eigenvalue weighted by Crippen LogP contribution is -2.33. The SMILES string of the molecule is CNC(=O)Nc1ccc2c(c1)CC[C@]2(C)OC(=O)NC=O. The Labute approximate surface area is 122 Å². The van der Waals surface area contributed by atoms with Gasteiger partial charge in [-0.05, 0) is 43.0 Å². The molecular formula is C14H17N3O4. The number of carbonyl (C=O) groups excluding carboxylic acids is 3. The number of rotatable bonds is 3. The van der Waals surface area contributed by atoms with Gasteiger partial charge in [0.05, 0.1) is 0 Å². The normalized spacial score (nSPS) is 19.3. The summed E-state index contributed by atoms with van der Waals surface area (Å²) in [6.07, 6.45) is 0.868. The second-order valence-corrected chi connectivity index (χ2v) is 4.96. The first-order valence-corrected chi connectivity index (χ1v) is 6.54. The van der Waals surface area contributed by atoms with Crippen molar-refractivity contribution >= 4 is 24.2 Å². The van der Waals surface area contributed by atoms with Crippen LogP contribution in [0.3, 0.4) is 0 Å². The van der Waals surface area contributed by atoms with E-state index in [1.165, 1.54) is 0 Å². The van der Waals surface area contributed by atoms with E-state index in [1.54, 1.807) is 20.0 Å². The minimum absolute atomic E-state index is 0.290. The number of fused-ring (bicyclic) bond motifs is 1.